The molecule has 0 fully saturated rings. The molecule has 1 atom stereocenters. The number of carbonyl (C=O) groups is 2. The Kier molecular flexibility index (Phi) is 3.87. The molecule has 0 aromatic heterocycles. The number of aliphatic hydroxyl groups excluding tert-OH is 1. The number of rotatable bonds is 5. The summed E-state index contributed by atoms with van der Waals surface area (Å²) in [6, 6.07) is 0. The second-order valence-electron chi connectivity index (χ2n) is 2.86. The average molecular weight is 190 g/mol. The lowest BCUT2D eigenvalue weighted by Gasteiger charge is -2.27. The molecule has 0 spiro atoms. The molecule has 0 aliphatic heterocycles. The Hall–Kier alpha value is -1.10. The zero-order valence-electron chi connectivity index (χ0n) is 7.65. The van der Waals surface area contributed by atoms with Crippen LogP contribution in [0.15, 0.2) is 0 Å². The molecular formula is C8H14O5. The summed E-state index contributed by atoms with van der Waals surface area (Å²) in [7, 11) is 0. The predicted octanol–water partition coefficient (Wildman–Crippen LogP) is 0.323. The second kappa shape index (κ2) is 4.23. The van der Waals surface area contributed by atoms with E-state index in [0.717, 1.165) is 0 Å². The Morgan fingerprint density at radius 1 is 1.23 bits per heavy atom. The van der Waals surface area contributed by atoms with Crippen LogP contribution >= 0.6 is 0 Å². The van der Waals surface area contributed by atoms with Gasteiger partial charge in [-0.2, -0.15) is 0 Å². The maximum atomic E-state index is 10.8. The van der Waals surface area contributed by atoms with Gasteiger partial charge in [-0.25, -0.2) is 0 Å². The van der Waals surface area contributed by atoms with E-state index in [0.29, 0.717) is 0 Å². The first-order valence-corrected chi connectivity index (χ1v) is 4.08. The summed E-state index contributed by atoms with van der Waals surface area (Å²) < 4.78 is 0. The number of carboxylic acid groups (broad SMARTS) is 2. The van der Waals surface area contributed by atoms with Gasteiger partial charge in [-0.15, -0.1) is 0 Å². The number of hydrogen-bond donors (Lipinski definition) is 3. The summed E-state index contributed by atoms with van der Waals surface area (Å²) in [5.41, 5.74) is -2.06. The van der Waals surface area contributed by atoms with Crippen LogP contribution in [0.3, 0.4) is 0 Å². The number of aliphatic carboxylic acids is 2. The molecule has 1 unspecified atom stereocenters. The Balaban J connectivity index is 5.10. The van der Waals surface area contributed by atoms with E-state index in [2.05, 4.69) is 0 Å². The number of hydrogen-bond acceptors (Lipinski definition) is 3. The molecule has 0 aromatic rings. The van der Waals surface area contributed by atoms with Crippen LogP contribution in [0, 0.1) is 5.41 Å². The third kappa shape index (κ3) is 1.80. The molecule has 13 heavy (non-hydrogen) atoms. The molecule has 0 aliphatic rings. The zero-order chi connectivity index (χ0) is 10.6. The highest BCUT2D eigenvalue weighted by atomic mass is 16.4. The molecule has 3 N–H and O–H groups in total. The molecular weight excluding hydrogens is 176 g/mol. The van der Waals surface area contributed by atoms with Gasteiger partial charge < -0.3 is 15.3 Å². The maximum absolute atomic E-state index is 10.8. The van der Waals surface area contributed by atoms with Crippen molar-refractivity contribution in [1.29, 1.82) is 0 Å². The monoisotopic (exact) mass is 190 g/mol. The minimum absolute atomic E-state index is 0.104. The number of aliphatic hydroxyl groups is 1. The van der Waals surface area contributed by atoms with E-state index in [4.69, 9.17) is 10.2 Å². The lowest BCUT2D eigenvalue weighted by Crippen LogP contribution is -2.48. The predicted molar refractivity (Wildman–Crippen MR) is 44.3 cm³/mol. The van der Waals surface area contributed by atoms with Crippen LogP contribution in [0.5, 0.6) is 0 Å². The van der Waals surface area contributed by atoms with Crippen molar-refractivity contribution >= 4 is 11.9 Å². The molecule has 76 valence electrons. The molecule has 0 aromatic carbocycles. The topological polar surface area (TPSA) is 94.8 Å². The summed E-state index contributed by atoms with van der Waals surface area (Å²) in [4.78, 5) is 21.5. The summed E-state index contributed by atoms with van der Waals surface area (Å²) in [6.45, 7) is 2.97. The van der Waals surface area contributed by atoms with E-state index < -0.39 is 23.5 Å². The van der Waals surface area contributed by atoms with Gasteiger partial charge in [0.2, 0.25) is 0 Å². The summed E-state index contributed by atoms with van der Waals surface area (Å²) >= 11 is 0. The smallest absolute Gasteiger partial charge is 0.323 e. The van der Waals surface area contributed by atoms with Crippen LogP contribution in [-0.2, 0) is 9.59 Å². The maximum Gasteiger partial charge on any atom is 0.323 e. The highest BCUT2D eigenvalue weighted by Gasteiger charge is 2.50. The van der Waals surface area contributed by atoms with Gasteiger partial charge in [-0.3, -0.25) is 9.59 Å². The minimum Gasteiger partial charge on any atom is -0.480 e. The van der Waals surface area contributed by atoms with Crippen LogP contribution in [0.4, 0.5) is 0 Å². The minimum atomic E-state index is -2.06. The molecule has 0 saturated carbocycles. The molecule has 0 aliphatic carbocycles. The van der Waals surface area contributed by atoms with Gasteiger partial charge in [0.25, 0.3) is 0 Å². The zero-order valence-corrected chi connectivity index (χ0v) is 7.65. The summed E-state index contributed by atoms with van der Waals surface area (Å²) in [5.74, 6) is -2.98. The van der Waals surface area contributed by atoms with Crippen molar-refractivity contribution in [3.63, 3.8) is 0 Å². The van der Waals surface area contributed by atoms with E-state index >= 15 is 0 Å². The Bertz CT molecular complexity index is 197. The van der Waals surface area contributed by atoms with Gasteiger partial charge in [0.15, 0.2) is 5.41 Å². The molecule has 0 saturated heterocycles. The molecule has 0 bridgehead atoms. The normalized spacial score (nSPS) is 13.8. The van der Waals surface area contributed by atoms with Crippen LogP contribution in [0.25, 0.3) is 0 Å². The second-order valence-corrected chi connectivity index (χ2v) is 2.86. The molecule has 0 heterocycles. The first kappa shape index (κ1) is 11.9. The van der Waals surface area contributed by atoms with Crippen molar-refractivity contribution in [3.05, 3.63) is 0 Å². The average Bonchev–Trinajstić information content (AvgIpc) is 2.04. The summed E-state index contributed by atoms with van der Waals surface area (Å²) in [6.07, 6.45) is -1.38. The van der Waals surface area contributed by atoms with Crippen molar-refractivity contribution in [1.82, 2.24) is 0 Å². The van der Waals surface area contributed by atoms with E-state index in [-0.39, 0.29) is 12.8 Å². The Morgan fingerprint density at radius 3 is 1.69 bits per heavy atom. The van der Waals surface area contributed by atoms with Gasteiger partial charge in [-0.1, -0.05) is 13.8 Å². The van der Waals surface area contributed by atoms with Crippen LogP contribution in [0.1, 0.15) is 26.7 Å². The molecule has 0 amide bonds. The SMILES string of the molecule is CCC(O)C(CC)(C(=O)O)C(=O)O. The highest BCUT2D eigenvalue weighted by Crippen LogP contribution is 2.29. The third-order valence-electron chi connectivity index (χ3n) is 2.28. The lowest BCUT2D eigenvalue weighted by molar-refractivity contribution is -0.174. The standard InChI is InChI=1S/C8H14O5/c1-3-5(9)8(4-2,6(10)11)7(12)13/h5,9H,3-4H2,1-2H3,(H,10,11)(H,12,13). The van der Waals surface area contributed by atoms with Gasteiger partial charge in [0, 0.05) is 0 Å². The van der Waals surface area contributed by atoms with Crippen molar-refractivity contribution in [2.45, 2.75) is 32.8 Å². The largest absolute Gasteiger partial charge is 0.480 e. The van der Waals surface area contributed by atoms with E-state index in [1.54, 1.807) is 6.92 Å². The Morgan fingerprint density at radius 2 is 1.62 bits per heavy atom. The van der Waals surface area contributed by atoms with Gasteiger partial charge >= 0.3 is 11.9 Å². The first-order chi connectivity index (χ1) is 5.93. The third-order valence-corrected chi connectivity index (χ3v) is 2.28. The van der Waals surface area contributed by atoms with Crippen LogP contribution in [0.2, 0.25) is 0 Å². The highest BCUT2D eigenvalue weighted by molar-refractivity contribution is 5.98. The van der Waals surface area contributed by atoms with Gasteiger partial charge in [0.05, 0.1) is 6.10 Å². The molecule has 0 rings (SSSR count). The van der Waals surface area contributed by atoms with Crippen molar-refractivity contribution in [2.75, 3.05) is 0 Å². The fourth-order valence-corrected chi connectivity index (χ4v) is 1.26. The van der Waals surface area contributed by atoms with E-state index in [1.165, 1.54) is 6.92 Å². The Labute approximate surface area is 76.0 Å². The number of carboxylic acids is 2. The lowest BCUT2D eigenvalue weighted by atomic mass is 9.78. The van der Waals surface area contributed by atoms with Crippen LogP contribution in [-0.4, -0.2) is 33.4 Å². The fourth-order valence-electron chi connectivity index (χ4n) is 1.26. The van der Waals surface area contributed by atoms with Gasteiger partial charge in [-0.05, 0) is 12.8 Å². The summed E-state index contributed by atoms with van der Waals surface area (Å²) in [5, 5.41) is 26.9. The van der Waals surface area contributed by atoms with Crippen molar-refractivity contribution in [3.8, 4) is 0 Å². The van der Waals surface area contributed by atoms with E-state index in [1.807, 2.05) is 0 Å². The van der Waals surface area contributed by atoms with Crippen molar-refractivity contribution < 1.29 is 24.9 Å². The van der Waals surface area contributed by atoms with Crippen molar-refractivity contribution in [2.24, 2.45) is 5.41 Å². The van der Waals surface area contributed by atoms with Crippen LogP contribution < -0.4 is 0 Å². The van der Waals surface area contributed by atoms with E-state index in [9.17, 15) is 14.7 Å². The first-order valence-electron chi connectivity index (χ1n) is 4.08. The molecule has 5 heteroatoms. The molecule has 5 nitrogen and oxygen atoms in total. The molecule has 0 radical (unpaired) electrons. The quantitative estimate of drug-likeness (QED) is 0.543. The van der Waals surface area contributed by atoms with Gasteiger partial charge in [0.1, 0.15) is 0 Å². The fraction of sp³-hybridized carbons (Fsp3) is 0.750.